The second-order valence-corrected chi connectivity index (χ2v) is 13.5. The Balaban J connectivity index is 1.90. The van der Waals surface area contributed by atoms with Gasteiger partial charge in [0.25, 0.3) is 0 Å². The molecule has 0 aromatic heterocycles. The lowest BCUT2D eigenvalue weighted by Crippen LogP contribution is -2.55. The third-order valence-electron chi connectivity index (χ3n) is 5.65. The highest BCUT2D eigenvalue weighted by Crippen LogP contribution is 2.31. The Kier molecular flexibility index (Phi) is 7.11. The summed E-state index contributed by atoms with van der Waals surface area (Å²) in [7, 11) is -7.51. The van der Waals surface area contributed by atoms with Gasteiger partial charge in [-0.25, -0.2) is 16.8 Å². The van der Waals surface area contributed by atoms with Crippen LogP contribution in [-0.2, 0) is 20.0 Å². The normalized spacial score (nSPS) is 19.0. The summed E-state index contributed by atoms with van der Waals surface area (Å²) in [5, 5.41) is 0. The van der Waals surface area contributed by atoms with Crippen molar-refractivity contribution in [2.75, 3.05) is 19.6 Å². The molecule has 1 fully saturated rings. The lowest BCUT2D eigenvalue weighted by atomic mass is 10.2. The lowest BCUT2D eigenvalue weighted by Gasteiger charge is -2.38. The third kappa shape index (κ3) is 4.65. The molecule has 0 bridgehead atoms. The molecule has 1 aliphatic rings. The van der Waals surface area contributed by atoms with Gasteiger partial charge in [0.05, 0.1) is 9.79 Å². The van der Waals surface area contributed by atoms with Crippen molar-refractivity contribution in [2.24, 2.45) is 0 Å². The SMILES string of the molecule is Cc1cc(C)c(S(=O)(=O)N2CCN(S(=O)(=O)c3cc(Br)c(C)cc3C)[C@@H](C)C2)cc1Br. The smallest absolute Gasteiger partial charge is 0.207 e. The fourth-order valence-corrected chi connectivity index (χ4v) is 8.50. The molecule has 1 heterocycles. The largest absolute Gasteiger partial charge is 0.243 e. The molecule has 0 N–H and O–H groups in total. The second-order valence-electron chi connectivity index (χ2n) is 8.06. The van der Waals surface area contributed by atoms with Gasteiger partial charge < -0.3 is 0 Å². The second kappa shape index (κ2) is 8.87. The monoisotopic (exact) mass is 592 g/mol. The standard InChI is InChI=1S/C21H26Br2N2O4S2/c1-13-8-15(3)20(10-18(13)22)30(26,27)24-6-7-25(17(5)12-24)31(28,29)21-11-19(23)14(2)9-16(21)4/h8-11,17H,6-7,12H2,1-5H3/t17-/m0/s1. The average molecular weight is 594 g/mol. The summed E-state index contributed by atoms with van der Waals surface area (Å²) in [6.07, 6.45) is 0. The third-order valence-corrected chi connectivity index (χ3v) is 11.5. The zero-order chi connectivity index (χ0) is 23.3. The molecule has 6 nitrogen and oxygen atoms in total. The summed E-state index contributed by atoms with van der Waals surface area (Å²) in [4.78, 5) is 0.484. The number of nitrogens with zero attached hydrogens (tertiary/aromatic N) is 2. The van der Waals surface area contributed by atoms with Crippen LogP contribution in [0.1, 0.15) is 29.2 Å². The van der Waals surface area contributed by atoms with Crippen LogP contribution in [0.25, 0.3) is 0 Å². The predicted molar refractivity (Wildman–Crippen MR) is 129 cm³/mol. The first-order valence-corrected chi connectivity index (χ1v) is 14.3. The first kappa shape index (κ1) is 24.9. The number of hydrogen-bond acceptors (Lipinski definition) is 4. The molecule has 2 aromatic carbocycles. The molecular formula is C21H26Br2N2O4S2. The highest BCUT2D eigenvalue weighted by atomic mass is 79.9. The van der Waals surface area contributed by atoms with Gasteiger partial charge in [-0.1, -0.05) is 44.0 Å². The Morgan fingerprint density at radius 3 is 1.65 bits per heavy atom. The van der Waals surface area contributed by atoms with Gasteiger partial charge in [-0.05, 0) is 69.0 Å². The zero-order valence-electron chi connectivity index (χ0n) is 18.1. The number of sulfonamides is 2. The van der Waals surface area contributed by atoms with E-state index in [0.29, 0.717) is 11.1 Å². The molecule has 0 radical (unpaired) electrons. The number of piperazine rings is 1. The van der Waals surface area contributed by atoms with E-state index in [1.54, 1.807) is 32.9 Å². The topological polar surface area (TPSA) is 74.8 Å². The van der Waals surface area contributed by atoms with E-state index in [-0.39, 0.29) is 29.4 Å². The number of aryl methyl sites for hydroxylation is 4. The molecule has 2 aromatic rings. The van der Waals surface area contributed by atoms with Crippen molar-refractivity contribution in [1.29, 1.82) is 0 Å². The summed E-state index contributed by atoms with van der Waals surface area (Å²) in [5.74, 6) is 0. The molecule has 0 spiro atoms. The van der Waals surface area contributed by atoms with Crippen LogP contribution in [0.4, 0.5) is 0 Å². The number of halogens is 2. The van der Waals surface area contributed by atoms with Crippen molar-refractivity contribution in [3.63, 3.8) is 0 Å². The minimum atomic E-state index is -3.76. The van der Waals surface area contributed by atoms with Crippen molar-refractivity contribution in [3.8, 4) is 0 Å². The fraction of sp³-hybridized carbons (Fsp3) is 0.429. The van der Waals surface area contributed by atoms with Crippen LogP contribution in [0, 0.1) is 27.7 Å². The van der Waals surface area contributed by atoms with Crippen LogP contribution in [0.5, 0.6) is 0 Å². The zero-order valence-corrected chi connectivity index (χ0v) is 22.9. The molecule has 170 valence electrons. The van der Waals surface area contributed by atoms with Crippen LogP contribution in [-0.4, -0.2) is 51.1 Å². The van der Waals surface area contributed by atoms with Crippen molar-refractivity contribution in [1.82, 2.24) is 8.61 Å². The Morgan fingerprint density at radius 2 is 1.19 bits per heavy atom. The van der Waals surface area contributed by atoms with Crippen LogP contribution in [0.3, 0.4) is 0 Å². The highest BCUT2D eigenvalue weighted by Gasteiger charge is 2.39. The molecule has 1 atom stereocenters. The lowest BCUT2D eigenvalue weighted by molar-refractivity contribution is 0.212. The summed E-state index contributed by atoms with van der Waals surface area (Å²) >= 11 is 6.83. The van der Waals surface area contributed by atoms with Crippen molar-refractivity contribution in [2.45, 2.75) is 50.5 Å². The minimum Gasteiger partial charge on any atom is -0.207 e. The Labute approximate surface area is 202 Å². The van der Waals surface area contributed by atoms with E-state index in [2.05, 4.69) is 31.9 Å². The predicted octanol–water partition coefficient (Wildman–Crippen LogP) is 4.53. The van der Waals surface area contributed by atoms with E-state index >= 15 is 0 Å². The summed E-state index contributed by atoms with van der Waals surface area (Å²) in [5.41, 5.74) is 3.26. The van der Waals surface area contributed by atoms with Gasteiger partial charge in [-0.2, -0.15) is 8.61 Å². The van der Waals surface area contributed by atoms with E-state index in [0.717, 1.165) is 20.1 Å². The van der Waals surface area contributed by atoms with Gasteiger partial charge in [-0.3, -0.25) is 0 Å². The quantitative estimate of drug-likeness (QED) is 0.522. The van der Waals surface area contributed by atoms with Crippen LogP contribution >= 0.6 is 31.9 Å². The van der Waals surface area contributed by atoms with Crippen LogP contribution in [0.15, 0.2) is 43.0 Å². The van der Waals surface area contributed by atoms with Gasteiger partial charge in [0.1, 0.15) is 0 Å². The van der Waals surface area contributed by atoms with Crippen molar-refractivity contribution < 1.29 is 16.8 Å². The molecule has 31 heavy (non-hydrogen) atoms. The number of benzene rings is 2. The van der Waals surface area contributed by atoms with Crippen molar-refractivity contribution in [3.05, 3.63) is 55.5 Å². The summed E-state index contributed by atoms with van der Waals surface area (Å²) in [6, 6.07) is 6.42. The number of rotatable bonds is 4. The van der Waals surface area contributed by atoms with E-state index < -0.39 is 26.1 Å². The first-order valence-electron chi connectivity index (χ1n) is 9.82. The van der Waals surface area contributed by atoms with Gasteiger partial charge in [0.15, 0.2) is 0 Å². The van der Waals surface area contributed by atoms with Crippen LogP contribution in [0.2, 0.25) is 0 Å². The van der Waals surface area contributed by atoms with E-state index in [1.807, 2.05) is 26.0 Å². The molecule has 0 unspecified atom stereocenters. The van der Waals surface area contributed by atoms with Gasteiger partial charge in [0.2, 0.25) is 20.0 Å². The molecule has 0 saturated carbocycles. The Morgan fingerprint density at radius 1 is 0.742 bits per heavy atom. The van der Waals surface area contributed by atoms with E-state index in [4.69, 9.17) is 0 Å². The number of hydrogen-bond donors (Lipinski definition) is 0. The van der Waals surface area contributed by atoms with Gasteiger partial charge >= 0.3 is 0 Å². The molecular weight excluding hydrogens is 568 g/mol. The average Bonchev–Trinajstić information content (AvgIpc) is 2.66. The molecule has 10 heteroatoms. The van der Waals surface area contributed by atoms with E-state index in [9.17, 15) is 16.8 Å². The summed E-state index contributed by atoms with van der Waals surface area (Å²) < 4.78 is 57.6. The van der Waals surface area contributed by atoms with Crippen molar-refractivity contribution >= 4 is 51.9 Å². The Hall–Kier alpha value is -0.780. The highest BCUT2D eigenvalue weighted by molar-refractivity contribution is 9.10. The first-order chi connectivity index (χ1) is 14.3. The van der Waals surface area contributed by atoms with Gasteiger partial charge in [0, 0.05) is 34.6 Å². The summed E-state index contributed by atoms with van der Waals surface area (Å²) in [6.45, 7) is 9.40. The fourth-order valence-electron chi connectivity index (χ4n) is 3.92. The maximum Gasteiger partial charge on any atom is 0.243 e. The molecule has 3 rings (SSSR count). The van der Waals surface area contributed by atoms with E-state index in [1.165, 1.54) is 8.61 Å². The maximum absolute atomic E-state index is 13.4. The van der Waals surface area contributed by atoms with Crippen LogP contribution < -0.4 is 0 Å². The Bertz CT molecular complexity index is 1240. The van der Waals surface area contributed by atoms with Gasteiger partial charge in [-0.15, -0.1) is 0 Å². The molecule has 0 amide bonds. The molecule has 0 aliphatic carbocycles. The minimum absolute atomic E-state index is 0.0958. The maximum atomic E-state index is 13.4. The molecule has 1 aliphatic heterocycles. The molecule has 1 saturated heterocycles.